The van der Waals surface area contributed by atoms with Crippen molar-refractivity contribution in [1.82, 2.24) is 5.32 Å². The van der Waals surface area contributed by atoms with Gasteiger partial charge >= 0.3 is 0 Å². The Labute approximate surface area is 100 Å². The summed E-state index contributed by atoms with van der Waals surface area (Å²) in [5.74, 6) is 0.452. The van der Waals surface area contributed by atoms with Gasteiger partial charge in [0, 0.05) is 11.6 Å². The minimum Gasteiger partial charge on any atom is -0.464 e. The molecule has 2 aromatic rings. The van der Waals surface area contributed by atoms with Gasteiger partial charge in [-0.05, 0) is 43.3 Å². The lowest BCUT2D eigenvalue weighted by Gasteiger charge is -2.16. The van der Waals surface area contributed by atoms with E-state index >= 15 is 0 Å². The van der Waals surface area contributed by atoms with Crippen molar-refractivity contribution in [2.45, 2.75) is 19.9 Å². The fourth-order valence-corrected chi connectivity index (χ4v) is 1.97. The predicted molar refractivity (Wildman–Crippen MR) is 66.2 cm³/mol. The smallest absolute Gasteiger partial charge is 0.134 e. The summed E-state index contributed by atoms with van der Waals surface area (Å²) in [6.45, 7) is 4.98. The van der Waals surface area contributed by atoms with Crippen molar-refractivity contribution in [2.75, 3.05) is 6.54 Å². The number of hydrogen-bond acceptors (Lipinski definition) is 2. The summed E-state index contributed by atoms with van der Waals surface area (Å²) in [6, 6.07) is 8.62. The van der Waals surface area contributed by atoms with Gasteiger partial charge in [-0.15, -0.1) is 0 Å². The number of hydrogen-bond donors (Lipinski definition) is 1. The van der Waals surface area contributed by atoms with Crippen LogP contribution in [0.4, 0.5) is 4.39 Å². The van der Waals surface area contributed by atoms with Gasteiger partial charge in [0.15, 0.2) is 0 Å². The number of halogens is 1. The number of rotatable bonds is 4. The summed E-state index contributed by atoms with van der Waals surface area (Å²) >= 11 is 0. The van der Waals surface area contributed by atoms with Crippen molar-refractivity contribution in [1.29, 1.82) is 0 Å². The van der Waals surface area contributed by atoms with E-state index in [-0.39, 0.29) is 11.9 Å². The molecule has 1 atom stereocenters. The molecule has 0 amide bonds. The number of nitrogens with one attached hydrogen (secondary N) is 1. The summed E-state index contributed by atoms with van der Waals surface area (Å²) in [5, 5.41) is 3.32. The molecular weight excluding hydrogens is 217 g/mol. The second kappa shape index (κ2) is 5.15. The van der Waals surface area contributed by atoms with Gasteiger partial charge in [-0.1, -0.05) is 13.0 Å². The Bertz CT molecular complexity index is 479. The van der Waals surface area contributed by atoms with Crippen LogP contribution in [-0.4, -0.2) is 6.54 Å². The predicted octanol–water partition coefficient (Wildman–Crippen LogP) is 3.76. The topological polar surface area (TPSA) is 25.2 Å². The van der Waals surface area contributed by atoms with Crippen LogP contribution in [0, 0.1) is 5.82 Å². The SMILES string of the molecule is CCNC(C)c1ccc(F)cc1-c1ccco1. The van der Waals surface area contributed by atoms with Crippen molar-refractivity contribution in [3.8, 4) is 11.3 Å². The molecule has 1 unspecified atom stereocenters. The van der Waals surface area contributed by atoms with Crippen LogP contribution >= 0.6 is 0 Å². The van der Waals surface area contributed by atoms with Crippen molar-refractivity contribution >= 4 is 0 Å². The van der Waals surface area contributed by atoms with E-state index in [0.717, 1.165) is 17.7 Å². The lowest BCUT2D eigenvalue weighted by molar-refractivity contribution is 0.568. The monoisotopic (exact) mass is 233 g/mol. The molecular formula is C14H16FNO. The second-order valence-electron chi connectivity index (χ2n) is 3.99. The summed E-state index contributed by atoms with van der Waals surface area (Å²) in [4.78, 5) is 0. The zero-order valence-electron chi connectivity index (χ0n) is 10.0. The van der Waals surface area contributed by atoms with E-state index < -0.39 is 0 Å². The van der Waals surface area contributed by atoms with Crippen molar-refractivity contribution in [2.24, 2.45) is 0 Å². The Morgan fingerprint density at radius 1 is 1.35 bits per heavy atom. The van der Waals surface area contributed by atoms with Gasteiger partial charge in [-0.3, -0.25) is 0 Å². The zero-order chi connectivity index (χ0) is 12.3. The Kier molecular flexibility index (Phi) is 3.59. The van der Waals surface area contributed by atoms with Crippen LogP contribution in [-0.2, 0) is 0 Å². The summed E-state index contributed by atoms with van der Waals surface area (Å²) in [5.41, 5.74) is 1.85. The van der Waals surface area contributed by atoms with Gasteiger partial charge in [0.05, 0.1) is 6.26 Å². The maximum absolute atomic E-state index is 13.3. The van der Waals surface area contributed by atoms with Gasteiger partial charge in [0.1, 0.15) is 11.6 Å². The van der Waals surface area contributed by atoms with Crippen LogP contribution in [0.5, 0.6) is 0 Å². The largest absolute Gasteiger partial charge is 0.464 e. The minimum atomic E-state index is -0.246. The van der Waals surface area contributed by atoms with E-state index in [1.54, 1.807) is 12.3 Å². The highest BCUT2D eigenvalue weighted by atomic mass is 19.1. The highest BCUT2D eigenvalue weighted by Gasteiger charge is 2.13. The van der Waals surface area contributed by atoms with Crippen molar-refractivity contribution in [3.63, 3.8) is 0 Å². The molecule has 1 aromatic heterocycles. The first-order chi connectivity index (χ1) is 8.22. The third-order valence-electron chi connectivity index (χ3n) is 2.78. The molecule has 0 bridgehead atoms. The van der Waals surface area contributed by atoms with Crippen LogP contribution in [0.25, 0.3) is 11.3 Å². The maximum Gasteiger partial charge on any atom is 0.134 e. The fraction of sp³-hybridized carbons (Fsp3) is 0.286. The van der Waals surface area contributed by atoms with Crippen LogP contribution < -0.4 is 5.32 Å². The van der Waals surface area contributed by atoms with Gasteiger partial charge in [-0.25, -0.2) is 4.39 Å². The average molecular weight is 233 g/mol. The molecule has 17 heavy (non-hydrogen) atoms. The third-order valence-corrected chi connectivity index (χ3v) is 2.78. The Morgan fingerprint density at radius 2 is 2.18 bits per heavy atom. The number of furan rings is 1. The molecule has 0 aliphatic heterocycles. The van der Waals surface area contributed by atoms with Gasteiger partial charge in [0.2, 0.25) is 0 Å². The van der Waals surface area contributed by atoms with Gasteiger partial charge < -0.3 is 9.73 Å². The highest BCUT2D eigenvalue weighted by molar-refractivity contribution is 5.63. The first-order valence-corrected chi connectivity index (χ1v) is 5.79. The molecule has 2 nitrogen and oxygen atoms in total. The first-order valence-electron chi connectivity index (χ1n) is 5.79. The molecule has 2 rings (SSSR count). The lowest BCUT2D eigenvalue weighted by Crippen LogP contribution is -2.18. The molecule has 1 heterocycles. The van der Waals surface area contributed by atoms with Crippen molar-refractivity contribution < 1.29 is 8.81 Å². The van der Waals surface area contributed by atoms with Crippen LogP contribution in [0.15, 0.2) is 41.0 Å². The molecule has 1 aromatic carbocycles. The molecule has 0 aliphatic rings. The Balaban J connectivity index is 2.45. The van der Waals surface area contributed by atoms with Crippen LogP contribution in [0.1, 0.15) is 25.5 Å². The molecule has 0 radical (unpaired) electrons. The Hall–Kier alpha value is -1.61. The molecule has 1 N–H and O–H groups in total. The molecule has 0 fully saturated rings. The normalized spacial score (nSPS) is 12.6. The average Bonchev–Trinajstić information content (AvgIpc) is 2.82. The summed E-state index contributed by atoms with van der Waals surface area (Å²) in [7, 11) is 0. The molecule has 0 aliphatic carbocycles. The van der Waals surface area contributed by atoms with Crippen LogP contribution in [0.2, 0.25) is 0 Å². The summed E-state index contributed by atoms with van der Waals surface area (Å²) < 4.78 is 18.7. The van der Waals surface area contributed by atoms with E-state index in [1.165, 1.54) is 12.1 Å². The van der Waals surface area contributed by atoms with E-state index in [4.69, 9.17) is 4.42 Å². The van der Waals surface area contributed by atoms with E-state index in [0.29, 0.717) is 5.76 Å². The van der Waals surface area contributed by atoms with E-state index in [9.17, 15) is 4.39 Å². The van der Waals surface area contributed by atoms with Crippen LogP contribution in [0.3, 0.4) is 0 Å². The highest BCUT2D eigenvalue weighted by Crippen LogP contribution is 2.29. The quantitative estimate of drug-likeness (QED) is 0.869. The molecule has 0 spiro atoms. The minimum absolute atomic E-state index is 0.167. The standard InChI is InChI=1S/C14H16FNO/c1-3-16-10(2)12-7-6-11(15)9-13(12)14-5-4-8-17-14/h4-10,16H,3H2,1-2H3. The van der Waals surface area contributed by atoms with Gasteiger partial charge in [-0.2, -0.15) is 0 Å². The summed E-state index contributed by atoms with van der Waals surface area (Å²) in [6.07, 6.45) is 1.60. The molecule has 90 valence electrons. The third kappa shape index (κ3) is 2.56. The van der Waals surface area contributed by atoms with E-state index in [1.807, 2.05) is 19.1 Å². The van der Waals surface area contributed by atoms with Crippen molar-refractivity contribution in [3.05, 3.63) is 48.0 Å². The second-order valence-corrected chi connectivity index (χ2v) is 3.99. The van der Waals surface area contributed by atoms with E-state index in [2.05, 4.69) is 12.2 Å². The lowest BCUT2D eigenvalue weighted by atomic mass is 9.99. The fourth-order valence-electron chi connectivity index (χ4n) is 1.97. The first kappa shape index (κ1) is 11.9. The maximum atomic E-state index is 13.3. The zero-order valence-corrected chi connectivity index (χ0v) is 10.0. The number of benzene rings is 1. The molecule has 0 saturated heterocycles. The Morgan fingerprint density at radius 3 is 2.82 bits per heavy atom. The molecule has 3 heteroatoms. The molecule has 0 saturated carbocycles. The van der Waals surface area contributed by atoms with Gasteiger partial charge in [0.25, 0.3) is 0 Å².